The molecule has 1 N–H and O–H groups in total. The normalized spacial score (nSPS) is 13.9. The van der Waals surface area contributed by atoms with E-state index in [4.69, 9.17) is 23.2 Å². The molecule has 1 aromatic heterocycles. The maximum atomic E-state index is 12.5. The van der Waals surface area contributed by atoms with Crippen LogP contribution in [0.15, 0.2) is 24.4 Å². The number of amides is 1. The smallest absolute Gasteiger partial charge is 0.223 e. The topological polar surface area (TPSA) is 59.8 Å². The van der Waals surface area contributed by atoms with Crippen LogP contribution in [-0.4, -0.2) is 20.9 Å². The van der Waals surface area contributed by atoms with E-state index >= 15 is 0 Å². The quantitative estimate of drug-likeness (QED) is 0.710. The lowest BCUT2D eigenvalue weighted by molar-refractivity contribution is -0.126. The zero-order chi connectivity index (χ0) is 19.4. The van der Waals surface area contributed by atoms with E-state index in [1.54, 1.807) is 16.8 Å². The highest BCUT2D eigenvalue weighted by Crippen LogP contribution is 2.26. The SMILES string of the molecule is CC(C)CC(C)C(=O)N[C@H](c1cn(-c2ccc(Cl)c(Cl)c2)nn1)C(C)C. The van der Waals surface area contributed by atoms with Gasteiger partial charge in [-0.15, -0.1) is 5.10 Å². The molecule has 0 fully saturated rings. The minimum atomic E-state index is -0.200. The summed E-state index contributed by atoms with van der Waals surface area (Å²) in [6.07, 6.45) is 2.67. The van der Waals surface area contributed by atoms with Gasteiger partial charge in [-0.3, -0.25) is 4.79 Å². The van der Waals surface area contributed by atoms with E-state index < -0.39 is 0 Å². The Morgan fingerprint density at radius 3 is 2.42 bits per heavy atom. The number of rotatable bonds is 7. The summed E-state index contributed by atoms with van der Waals surface area (Å²) in [5.74, 6) is 0.663. The highest BCUT2D eigenvalue weighted by Gasteiger charge is 2.24. The Morgan fingerprint density at radius 1 is 1.15 bits per heavy atom. The number of nitrogens with zero attached hydrogens (tertiary/aromatic N) is 3. The standard InChI is InChI=1S/C19H26Cl2N4O/c1-11(2)8-13(5)19(26)22-18(12(3)4)17-10-25(24-23-17)14-6-7-15(20)16(21)9-14/h6-7,9-13,18H,8H2,1-5H3,(H,22,26)/t13?,18-/m0/s1. The first-order chi connectivity index (χ1) is 12.2. The Morgan fingerprint density at radius 2 is 1.85 bits per heavy atom. The third kappa shape index (κ3) is 5.21. The molecule has 26 heavy (non-hydrogen) atoms. The second-order valence-corrected chi connectivity index (χ2v) is 8.26. The third-order valence-electron chi connectivity index (χ3n) is 4.23. The Labute approximate surface area is 165 Å². The van der Waals surface area contributed by atoms with E-state index in [9.17, 15) is 4.79 Å². The fourth-order valence-corrected chi connectivity index (χ4v) is 3.16. The molecule has 7 heteroatoms. The lowest BCUT2D eigenvalue weighted by atomic mass is 9.96. The molecule has 0 saturated heterocycles. The van der Waals surface area contributed by atoms with Crippen LogP contribution in [0.1, 0.15) is 52.8 Å². The van der Waals surface area contributed by atoms with Gasteiger partial charge in [0.15, 0.2) is 0 Å². The van der Waals surface area contributed by atoms with Gasteiger partial charge in [-0.05, 0) is 36.5 Å². The number of nitrogens with one attached hydrogen (secondary N) is 1. The van der Waals surface area contributed by atoms with Gasteiger partial charge in [0.25, 0.3) is 0 Å². The van der Waals surface area contributed by atoms with Gasteiger partial charge in [0, 0.05) is 5.92 Å². The molecule has 2 atom stereocenters. The maximum Gasteiger partial charge on any atom is 0.223 e. The predicted molar refractivity (Wildman–Crippen MR) is 106 cm³/mol. The van der Waals surface area contributed by atoms with Crippen LogP contribution in [0, 0.1) is 17.8 Å². The Balaban J connectivity index is 2.19. The fraction of sp³-hybridized carbons (Fsp3) is 0.526. The van der Waals surface area contributed by atoms with Crippen molar-refractivity contribution in [1.82, 2.24) is 20.3 Å². The van der Waals surface area contributed by atoms with E-state index in [0.717, 1.165) is 17.8 Å². The minimum absolute atomic E-state index is 0.0404. The van der Waals surface area contributed by atoms with Crippen LogP contribution in [0.25, 0.3) is 5.69 Å². The molecule has 1 unspecified atom stereocenters. The first-order valence-corrected chi connectivity index (χ1v) is 9.62. The van der Waals surface area contributed by atoms with Crippen molar-refractivity contribution in [3.63, 3.8) is 0 Å². The first kappa shape index (κ1) is 20.7. The van der Waals surface area contributed by atoms with Crippen LogP contribution in [-0.2, 0) is 4.79 Å². The molecule has 5 nitrogen and oxygen atoms in total. The third-order valence-corrected chi connectivity index (χ3v) is 4.97. The number of benzene rings is 1. The molecule has 0 aliphatic rings. The number of carbonyl (C=O) groups is 1. The first-order valence-electron chi connectivity index (χ1n) is 8.87. The van der Waals surface area contributed by atoms with Gasteiger partial charge < -0.3 is 5.32 Å². The second kappa shape index (κ2) is 8.87. The maximum absolute atomic E-state index is 12.5. The Hall–Kier alpha value is -1.59. The van der Waals surface area contributed by atoms with E-state index in [1.807, 2.05) is 19.2 Å². The zero-order valence-electron chi connectivity index (χ0n) is 15.8. The predicted octanol–water partition coefficient (Wildman–Crippen LogP) is 5.07. The Kier molecular flexibility index (Phi) is 7.07. The zero-order valence-corrected chi connectivity index (χ0v) is 17.3. The van der Waals surface area contributed by atoms with E-state index in [1.165, 1.54) is 0 Å². The lowest BCUT2D eigenvalue weighted by Gasteiger charge is -2.23. The molecule has 2 rings (SSSR count). The molecule has 0 aliphatic carbocycles. The van der Waals surface area contributed by atoms with Crippen molar-refractivity contribution in [3.05, 3.63) is 40.1 Å². The van der Waals surface area contributed by atoms with Crippen molar-refractivity contribution in [3.8, 4) is 5.69 Å². The number of halogens is 2. The molecule has 2 aromatic rings. The summed E-state index contributed by atoms with van der Waals surface area (Å²) in [4.78, 5) is 12.5. The fourth-order valence-electron chi connectivity index (χ4n) is 2.86. The minimum Gasteiger partial charge on any atom is -0.347 e. The van der Waals surface area contributed by atoms with E-state index in [2.05, 4.69) is 43.3 Å². The van der Waals surface area contributed by atoms with Crippen molar-refractivity contribution in [1.29, 1.82) is 0 Å². The molecule has 1 aromatic carbocycles. The number of hydrogen-bond donors (Lipinski definition) is 1. The number of aromatic nitrogens is 3. The van der Waals surface area contributed by atoms with Crippen molar-refractivity contribution in [2.75, 3.05) is 0 Å². The second-order valence-electron chi connectivity index (χ2n) is 7.45. The van der Waals surface area contributed by atoms with Gasteiger partial charge in [0.05, 0.1) is 28.0 Å². The van der Waals surface area contributed by atoms with Crippen molar-refractivity contribution in [2.45, 2.75) is 47.1 Å². The van der Waals surface area contributed by atoms with Crippen LogP contribution in [0.4, 0.5) is 0 Å². The number of hydrogen-bond acceptors (Lipinski definition) is 3. The molecule has 1 amide bonds. The average molecular weight is 397 g/mol. The summed E-state index contributed by atoms with van der Waals surface area (Å²) < 4.78 is 1.64. The van der Waals surface area contributed by atoms with Gasteiger partial charge in [0.1, 0.15) is 5.69 Å². The summed E-state index contributed by atoms with van der Waals surface area (Å²) in [5, 5.41) is 12.5. The highest BCUT2D eigenvalue weighted by atomic mass is 35.5. The molecule has 1 heterocycles. The number of carbonyl (C=O) groups excluding carboxylic acids is 1. The van der Waals surface area contributed by atoms with E-state index in [-0.39, 0.29) is 23.8 Å². The van der Waals surface area contributed by atoms with Gasteiger partial charge in [-0.1, -0.05) is 63.0 Å². The largest absolute Gasteiger partial charge is 0.347 e. The van der Waals surface area contributed by atoms with Gasteiger partial charge in [-0.25, -0.2) is 4.68 Å². The Bertz CT molecular complexity index is 758. The molecule has 0 aliphatic heterocycles. The van der Waals surface area contributed by atoms with Crippen molar-refractivity contribution < 1.29 is 4.79 Å². The molecule has 0 bridgehead atoms. The molecular weight excluding hydrogens is 371 g/mol. The molecule has 142 valence electrons. The van der Waals surface area contributed by atoms with Gasteiger partial charge >= 0.3 is 0 Å². The monoisotopic (exact) mass is 396 g/mol. The highest BCUT2D eigenvalue weighted by molar-refractivity contribution is 6.42. The van der Waals surface area contributed by atoms with Crippen molar-refractivity contribution >= 4 is 29.1 Å². The lowest BCUT2D eigenvalue weighted by Crippen LogP contribution is -2.36. The van der Waals surface area contributed by atoms with E-state index in [0.29, 0.717) is 16.0 Å². The molecular formula is C19H26Cl2N4O. The molecule has 0 radical (unpaired) electrons. The summed E-state index contributed by atoms with van der Waals surface area (Å²) in [6.45, 7) is 10.3. The van der Waals surface area contributed by atoms with Crippen LogP contribution in [0.5, 0.6) is 0 Å². The van der Waals surface area contributed by atoms with Crippen LogP contribution >= 0.6 is 23.2 Å². The van der Waals surface area contributed by atoms with Crippen LogP contribution in [0.3, 0.4) is 0 Å². The summed E-state index contributed by atoms with van der Waals surface area (Å²) in [5.41, 5.74) is 1.48. The summed E-state index contributed by atoms with van der Waals surface area (Å²) in [7, 11) is 0. The van der Waals surface area contributed by atoms with Gasteiger partial charge in [-0.2, -0.15) is 0 Å². The molecule has 0 saturated carbocycles. The van der Waals surface area contributed by atoms with Crippen LogP contribution < -0.4 is 5.32 Å². The van der Waals surface area contributed by atoms with Crippen LogP contribution in [0.2, 0.25) is 10.0 Å². The van der Waals surface area contributed by atoms with Gasteiger partial charge in [0.2, 0.25) is 5.91 Å². The summed E-state index contributed by atoms with van der Waals surface area (Å²) in [6, 6.07) is 5.07. The van der Waals surface area contributed by atoms with Crippen molar-refractivity contribution in [2.24, 2.45) is 17.8 Å². The summed E-state index contributed by atoms with van der Waals surface area (Å²) >= 11 is 12.0. The average Bonchev–Trinajstić information content (AvgIpc) is 3.03. The molecule has 0 spiro atoms.